The molecule has 0 saturated heterocycles. The van der Waals surface area contributed by atoms with Gasteiger partial charge in [0.1, 0.15) is 0 Å². The molecular formula is C15H34N2O2. The number of nitrogens with zero attached hydrogens (tertiary/aromatic N) is 1. The molecule has 0 aromatic heterocycles. The molecule has 2 N–H and O–H groups in total. The normalized spacial score (nSPS) is 18.6. The van der Waals surface area contributed by atoms with Crippen LogP contribution >= 0.6 is 0 Å². The van der Waals surface area contributed by atoms with Crippen LogP contribution < -0.4 is 5.32 Å². The first-order valence-electron chi connectivity index (χ1n) is 7.42. The average Bonchev–Trinajstić information content (AvgIpc) is 2.28. The maximum Gasteiger partial charge on any atom is 0.0615 e. The Bertz CT molecular complexity index is 236. The van der Waals surface area contributed by atoms with Crippen molar-refractivity contribution in [1.82, 2.24) is 10.2 Å². The van der Waals surface area contributed by atoms with Crippen molar-refractivity contribution in [2.24, 2.45) is 0 Å². The second-order valence-electron chi connectivity index (χ2n) is 6.21. The van der Waals surface area contributed by atoms with Gasteiger partial charge in [-0.15, -0.1) is 0 Å². The van der Waals surface area contributed by atoms with Gasteiger partial charge in [0.2, 0.25) is 0 Å². The van der Waals surface area contributed by atoms with Crippen LogP contribution in [0.5, 0.6) is 0 Å². The van der Waals surface area contributed by atoms with E-state index in [2.05, 4.69) is 51.8 Å². The molecule has 0 aliphatic heterocycles. The molecule has 4 heteroatoms. The Morgan fingerprint density at radius 3 is 2.16 bits per heavy atom. The number of hydrogen-bond acceptors (Lipinski definition) is 4. The Kier molecular flexibility index (Phi) is 8.83. The highest BCUT2D eigenvalue weighted by Crippen LogP contribution is 2.18. The standard InChI is InChI=1S/C15H34N2O2/c1-8-17(14(5)10-19-7)13(4)9-15(6,11-18)16-12(2)3/h12-14,16,18H,8-11H2,1-7H3. The Labute approximate surface area is 119 Å². The van der Waals surface area contributed by atoms with E-state index in [1.165, 1.54) is 0 Å². The maximum atomic E-state index is 9.67. The van der Waals surface area contributed by atoms with Gasteiger partial charge in [0.25, 0.3) is 0 Å². The van der Waals surface area contributed by atoms with Gasteiger partial charge in [0.15, 0.2) is 0 Å². The number of likely N-dealkylation sites (N-methyl/N-ethyl adjacent to an activating group) is 1. The van der Waals surface area contributed by atoms with Gasteiger partial charge in [0, 0.05) is 30.8 Å². The fraction of sp³-hybridized carbons (Fsp3) is 1.00. The summed E-state index contributed by atoms with van der Waals surface area (Å²) in [6.07, 6.45) is 0.920. The van der Waals surface area contributed by atoms with Crippen LogP contribution in [0.15, 0.2) is 0 Å². The van der Waals surface area contributed by atoms with E-state index in [4.69, 9.17) is 4.74 Å². The summed E-state index contributed by atoms with van der Waals surface area (Å²) in [5.41, 5.74) is -0.228. The number of methoxy groups -OCH3 is 1. The SMILES string of the molecule is CCN(C(C)COC)C(C)CC(C)(CO)NC(C)C. The summed E-state index contributed by atoms with van der Waals surface area (Å²) in [5.74, 6) is 0. The topological polar surface area (TPSA) is 44.7 Å². The van der Waals surface area contributed by atoms with Crippen LogP contribution in [0, 0.1) is 0 Å². The van der Waals surface area contributed by atoms with Crippen LogP contribution in [0.3, 0.4) is 0 Å². The van der Waals surface area contributed by atoms with E-state index in [1.807, 2.05) is 0 Å². The second-order valence-corrected chi connectivity index (χ2v) is 6.21. The lowest BCUT2D eigenvalue weighted by Gasteiger charge is -2.40. The molecule has 0 heterocycles. The van der Waals surface area contributed by atoms with Crippen molar-refractivity contribution >= 4 is 0 Å². The molecule has 0 aliphatic rings. The molecule has 3 unspecified atom stereocenters. The molecule has 0 aromatic rings. The minimum Gasteiger partial charge on any atom is -0.394 e. The van der Waals surface area contributed by atoms with Gasteiger partial charge in [-0.3, -0.25) is 4.90 Å². The molecule has 19 heavy (non-hydrogen) atoms. The van der Waals surface area contributed by atoms with Crippen LogP contribution in [-0.2, 0) is 4.74 Å². The monoisotopic (exact) mass is 274 g/mol. The van der Waals surface area contributed by atoms with E-state index in [-0.39, 0.29) is 12.1 Å². The summed E-state index contributed by atoms with van der Waals surface area (Å²) in [6, 6.07) is 1.17. The molecule has 0 fully saturated rings. The molecule has 0 aliphatic carbocycles. The Balaban J connectivity index is 4.64. The third-order valence-corrected chi connectivity index (χ3v) is 3.64. The summed E-state index contributed by atoms with van der Waals surface area (Å²) < 4.78 is 5.25. The first kappa shape index (κ1) is 18.8. The first-order valence-corrected chi connectivity index (χ1v) is 7.42. The predicted molar refractivity (Wildman–Crippen MR) is 81.6 cm³/mol. The number of aliphatic hydroxyl groups is 1. The van der Waals surface area contributed by atoms with Crippen LogP contribution in [0.25, 0.3) is 0 Å². The van der Waals surface area contributed by atoms with E-state index in [9.17, 15) is 5.11 Å². The third-order valence-electron chi connectivity index (χ3n) is 3.64. The molecule has 3 atom stereocenters. The summed E-state index contributed by atoms with van der Waals surface area (Å²) in [7, 11) is 1.74. The highest BCUT2D eigenvalue weighted by atomic mass is 16.5. The van der Waals surface area contributed by atoms with Gasteiger partial charge >= 0.3 is 0 Å². The summed E-state index contributed by atoms with van der Waals surface area (Å²) >= 11 is 0. The number of rotatable bonds is 10. The van der Waals surface area contributed by atoms with Crippen molar-refractivity contribution < 1.29 is 9.84 Å². The number of ether oxygens (including phenoxy) is 1. The molecule has 0 aromatic carbocycles. The van der Waals surface area contributed by atoms with Crippen molar-refractivity contribution in [1.29, 1.82) is 0 Å². The quantitative estimate of drug-likeness (QED) is 0.638. The largest absolute Gasteiger partial charge is 0.394 e. The highest BCUT2D eigenvalue weighted by Gasteiger charge is 2.29. The fourth-order valence-electron chi connectivity index (χ4n) is 3.03. The Morgan fingerprint density at radius 1 is 1.21 bits per heavy atom. The van der Waals surface area contributed by atoms with Gasteiger partial charge in [-0.2, -0.15) is 0 Å². The molecule has 4 nitrogen and oxygen atoms in total. The molecule has 0 saturated carbocycles. The summed E-state index contributed by atoms with van der Waals surface area (Å²) in [6.45, 7) is 14.8. The lowest BCUT2D eigenvalue weighted by atomic mass is 9.92. The lowest BCUT2D eigenvalue weighted by molar-refractivity contribution is 0.0541. The third kappa shape index (κ3) is 6.70. The van der Waals surface area contributed by atoms with Gasteiger partial charge in [-0.1, -0.05) is 20.8 Å². The smallest absolute Gasteiger partial charge is 0.0615 e. The molecule has 0 radical (unpaired) electrons. The zero-order chi connectivity index (χ0) is 15.1. The zero-order valence-corrected chi connectivity index (χ0v) is 13.9. The minimum atomic E-state index is -0.228. The Morgan fingerprint density at radius 2 is 1.79 bits per heavy atom. The van der Waals surface area contributed by atoms with E-state index < -0.39 is 0 Å². The lowest BCUT2D eigenvalue weighted by Crippen LogP contribution is -2.54. The summed E-state index contributed by atoms with van der Waals surface area (Å²) in [4.78, 5) is 2.43. The van der Waals surface area contributed by atoms with E-state index in [1.54, 1.807) is 7.11 Å². The van der Waals surface area contributed by atoms with Gasteiger partial charge in [0.05, 0.1) is 13.2 Å². The van der Waals surface area contributed by atoms with Gasteiger partial charge in [-0.25, -0.2) is 0 Å². The van der Waals surface area contributed by atoms with Crippen molar-refractivity contribution in [3.8, 4) is 0 Å². The highest BCUT2D eigenvalue weighted by molar-refractivity contribution is 4.89. The molecule has 0 rings (SSSR count). The van der Waals surface area contributed by atoms with Crippen molar-refractivity contribution in [2.75, 3.05) is 26.9 Å². The van der Waals surface area contributed by atoms with Crippen molar-refractivity contribution in [2.45, 2.75) is 71.6 Å². The molecular weight excluding hydrogens is 240 g/mol. The van der Waals surface area contributed by atoms with Crippen LogP contribution in [0.4, 0.5) is 0 Å². The van der Waals surface area contributed by atoms with Crippen molar-refractivity contribution in [3.05, 3.63) is 0 Å². The summed E-state index contributed by atoms with van der Waals surface area (Å²) in [5, 5.41) is 13.2. The van der Waals surface area contributed by atoms with E-state index in [0.717, 1.165) is 19.6 Å². The molecule has 0 bridgehead atoms. The number of hydrogen-bond donors (Lipinski definition) is 2. The predicted octanol–water partition coefficient (Wildman–Crippen LogP) is 1.87. The number of nitrogens with one attached hydrogen (secondary N) is 1. The Hall–Kier alpha value is -0.160. The van der Waals surface area contributed by atoms with Crippen LogP contribution in [0.1, 0.15) is 48.0 Å². The number of aliphatic hydroxyl groups excluding tert-OH is 1. The van der Waals surface area contributed by atoms with Crippen molar-refractivity contribution in [3.63, 3.8) is 0 Å². The first-order chi connectivity index (χ1) is 8.79. The molecule has 0 spiro atoms. The van der Waals surface area contributed by atoms with Gasteiger partial charge in [-0.05, 0) is 33.7 Å². The van der Waals surface area contributed by atoms with Gasteiger partial charge < -0.3 is 15.2 Å². The molecule has 0 amide bonds. The second kappa shape index (κ2) is 8.90. The minimum absolute atomic E-state index is 0.158. The molecule has 116 valence electrons. The van der Waals surface area contributed by atoms with E-state index in [0.29, 0.717) is 18.1 Å². The maximum absolute atomic E-state index is 9.67. The average molecular weight is 274 g/mol. The zero-order valence-electron chi connectivity index (χ0n) is 13.9. The van der Waals surface area contributed by atoms with Crippen LogP contribution in [-0.4, -0.2) is 60.5 Å². The van der Waals surface area contributed by atoms with Crippen LogP contribution in [0.2, 0.25) is 0 Å². The fourth-order valence-corrected chi connectivity index (χ4v) is 3.03. The van der Waals surface area contributed by atoms with E-state index >= 15 is 0 Å².